The molecule has 0 bridgehead atoms. The monoisotopic (exact) mass is 284 g/mol. The molecule has 0 radical (unpaired) electrons. The lowest BCUT2D eigenvalue weighted by atomic mass is 10.2. The topological polar surface area (TPSA) is 67.9 Å². The summed E-state index contributed by atoms with van der Waals surface area (Å²) in [4.78, 5) is 25.8. The molecule has 0 aliphatic carbocycles. The molecule has 1 aliphatic rings. The Morgan fingerprint density at radius 1 is 1.42 bits per heavy atom. The molecule has 2 rings (SSSR count). The number of hydrogen-bond donors (Lipinski definition) is 1. The van der Waals surface area contributed by atoms with Gasteiger partial charge in [0.25, 0.3) is 0 Å². The summed E-state index contributed by atoms with van der Waals surface area (Å²) in [6.07, 6.45) is 0. The molecule has 6 nitrogen and oxygen atoms in total. The second-order valence-corrected chi connectivity index (χ2v) is 5.02. The number of esters is 1. The maximum absolute atomic E-state index is 12.1. The van der Waals surface area contributed by atoms with E-state index in [4.69, 9.17) is 9.47 Å². The highest BCUT2D eigenvalue weighted by molar-refractivity contribution is 7.12. The third-order valence-electron chi connectivity index (χ3n) is 2.88. The highest BCUT2D eigenvalue weighted by Gasteiger charge is 2.22. The van der Waals surface area contributed by atoms with E-state index in [0.29, 0.717) is 36.9 Å². The number of urea groups is 1. The van der Waals surface area contributed by atoms with Crippen molar-refractivity contribution in [3.8, 4) is 0 Å². The molecule has 2 amide bonds. The van der Waals surface area contributed by atoms with E-state index in [1.807, 2.05) is 12.3 Å². The van der Waals surface area contributed by atoms with Crippen molar-refractivity contribution in [2.75, 3.05) is 38.7 Å². The summed E-state index contributed by atoms with van der Waals surface area (Å²) in [7, 11) is 1.32. The molecule has 19 heavy (non-hydrogen) atoms. The smallest absolute Gasteiger partial charge is 0.350 e. The van der Waals surface area contributed by atoms with Crippen LogP contribution in [0, 0.1) is 6.92 Å². The summed E-state index contributed by atoms with van der Waals surface area (Å²) in [6, 6.07) is -0.213. The Morgan fingerprint density at radius 2 is 2.11 bits per heavy atom. The fourth-order valence-electron chi connectivity index (χ4n) is 1.79. The fourth-order valence-corrected chi connectivity index (χ4v) is 2.72. The van der Waals surface area contributed by atoms with Gasteiger partial charge in [0.15, 0.2) is 0 Å². The van der Waals surface area contributed by atoms with Crippen molar-refractivity contribution in [3.63, 3.8) is 0 Å². The number of carbonyl (C=O) groups excluding carboxylic acids is 2. The number of morpholine rings is 1. The minimum atomic E-state index is -0.435. The maximum Gasteiger partial charge on any atom is 0.350 e. The number of aryl methyl sites for hydroxylation is 1. The molecule has 1 aliphatic heterocycles. The van der Waals surface area contributed by atoms with Crippen LogP contribution >= 0.6 is 11.3 Å². The highest BCUT2D eigenvalue weighted by Crippen LogP contribution is 2.28. The van der Waals surface area contributed by atoms with E-state index in [1.165, 1.54) is 18.4 Å². The Morgan fingerprint density at radius 3 is 2.74 bits per heavy atom. The van der Waals surface area contributed by atoms with Crippen molar-refractivity contribution >= 4 is 29.0 Å². The predicted octanol–water partition coefficient (Wildman–Crippen LogP) is 1.71. The van der Waals surface area contributed by atoms with E-state index in [0.717, 1.165) is 5.56 Å². The molecule has 2 heterocycles. The minimum absolute atomic E-state index is 0.213. The van der Waals surface area contributed by atoms with Crippen LogP contribution in [0.2, 0.25) is 0 Å². The molecule has 7 heteroatoms. The van der Waals surface area contributed by atoms with Gasteiger partial charge in [0.05, 0.1) is 26.0 Å². The van der Waals surface area contributed by atoms with Crippen LogP contribution in [0.25, 0.3) is 0 Å². The normalized spacial score (nSPS) is 15.2. The van der Waals surface area contributed by atoms with Crippen molar-refractivity contribution in [1.29, 1.82) is 0 Å². The van der Waals surface area contributed by atoms with Gasteiger partial charge in [0.2, 0.25) is 0 Å². The Balaban J connectivity index is 2.11. The van der Waals surface area contributed by atoms with Crippen molar-refractivity contribution in [2.45, 2.75) is 6.92 Å². The van der Waals surface area contributed by atoms with Gasteiger partial charge in [-0.2, -0.15) is 0 Å². The highest BCUT2D eigenvalue weighted by atomic mass is 32.1. The zero-order chi connectivity index (χ0) is 13.8. The average molecular weight is 284 g/mol. The molecular weight excluding hydrogens is 268 g/mol. The standard InChI is InChI=1S/C12H16N2O4S/c1-8-7-19-10(11(15)17-2)9(8)13-12(16)14-3-5-18-6-4-14/h7H,3-6H2,1-2H3,(H,13,16). The molecule has 0 saturated carbocycles. The molecule has 1 fully saturated rings. The van der Waals surface area contributed by atoms with Gasteiger partial charge in [-0.05, 0) is 17.9 Å². The van der Waals surface area contributed by atoms with Crippen molar-refractivity contribution in [1.82, 2.24) is 4.90 Å². The van der Waals surface area contributed by atoms with Gasteiger partial charge in [-0.25, -0.2) is 9.59 Å². The molecule has 0 unspecified atom stereocenters. The second-order valence-electron chi connectivity index (χ2n) is 4.14. The number of methoxy groups -OCH3 is 1. The van der Waals surface area contributed by atoms with Crippen LogP contribution in [0.3, 0.4) is 0 Å². The van der Waals surface area contributed by atoms with Crippen LogP contribution in [-0.4, -0.2) is 50.3 Å². The number of hydrogen-bond acceptors (Lipinski definition) is 5. The molecular formula is C12H16N2O4S. The number of thiophene rings is 1. The van der Waals surface area contributed by atoms with E-state index in [1.54, 1.807) is 4.90 Å². The number of rotatable bonds is 2. The maximum atomic E-state index is 12.1. The van der Waals surface area contributed by atoms with Crippen LogP contribution < -0.4 is 5.32 Å². The fraction of sp³-hybridized carbons (Fsp3) is 0.500. The lowest BCUT2D eigenvalue weighted by Crippen LogP contribution is -2.43. The molecule has 0 spiro atoms. The van der Waals surface area contributed by atoms with Crippen molar-refractivity contribution in [3.05, 3.63) is 15.8 Å². The SMILES string of the molecule is COC(=O)c1scc(C)c1NC(=O)N1CCOCC1. The number of ether oxygens (including phenoxy) is 2. The molecule has 1 saturated heterocycles. The molecule has 1 aromatic rings. The van der Waals surface area contributed by atoms with Crippen molar-refractivity contribution < 1.29 is 19.1 Å². The zero-order valence-corrected chi connectivity index (χ0v) is 11.7. The molecule has 1 N–H and O–H groups in total. The Hall–Kier alpha value is -1.60. The third kappa shape index (κ3) is 3.05. The van der Waals surface area contributed by atoms with E-state index < -0.39 is 5.97 Å². The van der Waals surface area contributed by atoms with Gasteiger partial charge in [-0.1, -0.05) is 0 Å². The minimum Gasteiger partial charge on any atom is -0.465 e. The first-order valence-corrected chi connectivity index (χ1v) is 6.81. The first-order valence-electron chi connectivity index (χ1n) is 5.93. The first kappa shape index (κ1) is 13.8. The summed E-state index contributed by atoms with van der Waals surface area (Å²) in [5, 5.41) is 4.61. The third-order valence-corrected chi connectivity index (χ3v) is 3.95. The molecule has 104 valence electrons. The van der Waals surface area contributed by atoms with Gasteiger partial charge in [0, 0.05) is 13.1 Å². The molecule has 0 atom stereocenters. The number of nitrogens with one attached hydrogen (secondary N) is 1. The average Bonchev–Trinajstić information content (AvgIpc) is 2.80. The Kier molecular flexibility index (Phi) is 4.39. The van der Waals surface area contributed by atoms with Crippen LogP contribution in [-0.2, 0) is 9.47 Å². The Labute approximate surface area is 115 Å². The number of nitrogens with zero attached hydrogens (tertiary/aromatic N) is 1. The Bertz CT molecular complexity index is 480. The van der Waals surface area contributed by atoms with Gasteiger partial charge < -0.3 is 19.7 Å². The lowest BCUT2D eigenvalue weighted by molar-refractivity contribution is 0.0564. The van der Waals surface area contributed by atoms with Gasteiger partial charge in [-0.15, -0.1) is 11.3 Å². The van der Waals surface area contributed by atoms with Gasteiger partial charge in [-0.3, -0.25) is 0 Å². The van der Waals surface area contributed by atoms with Crippen molar-refractivity contribution in [2.24, 2.45) is 0 Å². The van der Waals surface area contributed by atoms with Gasteiger partial charge in [0.1, 0.15) is 4.88 Å². The van der Waals surface area contributed by atoms with Crippen LogP contribution in [0.4, 0.5) is 10.5 Å². The van der Waals surface area contributed by atoms with Crippen LogP contribution in [0.5, 0.6) is 0 Å². The van der Waals surface area contributed by atoms with Crippen LogP contribution in [0.15, 0.2) is 5.38 Å². The van der Waals surface area contributed by atoms with Crippen LogP contribution in [0.1, 0.15) is 15.2 Å². The summed E-state index contributed by atoms with van der Waals surface area (Å²) < 4.78 is 9.90. The summed E-state index contributed by atoms with van der Waals surface area (Å²) in [5.74, 6) is -0.435. The lowest BCUT2D eigenvalue weighted by Gasteiger charge is -2.27. The molecule has 1 aromatic heterocycles. The van der Waals surface area contributed by atoms with E-state index in [-0.39, 0.29) is 6.03 Å². The number of carbonyl (C=O) groups is 2. The van der Waals surface area contributed by atoms with Gasteiger partial charge >= 0.3 is 12.0 Å². The summed E-state index contributed by atoms with van der Waals surface area (Å²) >= 11 is 1.27. The summed E-state index contributed by atoms with van der Waals surface area (Å²) in [5.41, 5.74) is 1.39. The molecule has 0 aromatic carbocycles. The zero-order valence-electron chi connectivity index (χ0n) is 10.9. The second kappa shape index (κ2) is 6.03. The van der Waals surface area contributed by atoms with E-state index in [9.17, 15) is 9.59 Å². The quantitative estimate of drug-likeness (QED) is 0.839. The number of anilines is 1. The summed E-state index contributed by atoms with van der Waals surface area (Å²) in [6.45, 7) is 4.04. The number of amides is 2. The van der Waals surface area contributed by atoms with E-state index >= 15 is 0 Å². The largest absolute Gasteiger partial charge is 0.465 e. The predicted molar refractivity (Wildman–Crippen MR) is 71.8 cm³/mol. The van der Waals surface area contributed by atoms with E-state index in [2.05, 4.69) is 5.32 Å². The first-order chi connectivity index (χ1) is 9.13.